The molecule has 0 atom stereocenters. The first-order chi connectivity index (χ1) is 20.4. The summed E-state index contributed by atoms with van der Waals surface area (Å²) in [6.45, 7) is 0. The van der Waals surface area contributed by atoms with Crippen molar-refractivity contribution in [2.24, 2.45) is 0 Å². The number of ether oxygens (including phenoxy) is 1. The number of hydrogen-bond acceptors (Lipinski definition) is 1. The minimum absolute atomic E-state index is 0.916. The Morgan fingerprint density at radius 1 is 0.317 bits per heavy atom. The molecule has 1 aliphatic rings. The molecule has 0 saturated heterocycles. The van der Waals surface area contributed by atoms with E-state index in [4.69, 9.17) is 4.74 Å². The number of rotatable bonds is 2. The molecule has 190 valence electrons. The number of fused-ring (bicyclic) bond motifs is 5. The molecule has 9 rings (SSSR count). The summed E-state index contributed by atoms with van der Waals surface area (Å²) in [5.74, 6) is 1.84. The quantitative estimate of drug-likeness (QED) is 0.206. The second-order valence-corrected chi connectivity index (χ2v) is 10.8. The second kappa shape index (κ2) is 8.55. The van der Waals surface area contributed by atoms with E-state index >= 15 is 0 Å². The van der Waals surface area contributed by atoms with Gasteiger partial charge in [-0.3, -0.25) is 0 Å². The van der Waals surface area contributed by atoms with Crippen LogP contribution in [0.5, 0.6) is 11.5 Å². The molecule has 0 fully saturated rings. The van der Waals surface area contributed by atoms with Crippen LogP contribution in [0.25, 0.3) is 76.5 Å². The Morgan fingerprint density at radius 3 is 1.49 bits per heavy atom. The minimum Gasteiger partial charge on any atom is -0.455 e. The monoisotopic (exact) mass is 520 g/mol. The Labute approximate surface area is 237 Å². The van der Waals surface area contributed by atoms with Crippen molar-refractivity contribution in [1.82, 2.24) is 0 Å². The highest BCUT2D eigenvalue weighted by Gasteiger charge is 2.25. The van der Waals surface area contributed by atoms with Crippen LogP contribution in [0.4, 0.5) is 0 Å². The minimum atomic E-state index is 0.916. The van der Waals surface area contributed by atoms with Gasteiger partial charge in [-0.15, -0.1) is 0 Å². The zero-order chi connectivity index (χ0) is 26.9. The SMILES string of the molecule is c1cc(-c2c3ccccc3c(-c3cccc4ccccc34)c3ccccc23)c2c(c1)-c1cccc3cccc(c13)O2. The zero-order valence-corrected chi connectivity index (χ0v) is 22.3. The molecule has 0 N–H and O–H groups in total. The maximum absolute atomic E-state index is 6.81. The van der Waals surface area contributed by atoms with Crippen LogP contribution in [-0.4, -0.2) is 0 Å². The smallest absolute Gasteiger partial charge is 0.143 e. The Bertz CT molecular complexity index is 2280. The van der Waals surface area contributed by atoms with Crippen LogP contribution >= 0.6 is 0 Å². The van der Waals surface area contributed by atoms with E-state index < -0.39 is 0 Å². The van der Waals surface area contributed by atoms with Gasteiger partial charge in [0, 0.05) is 22.1 Å². The second-order valence-electron chi connectivity index (χ2n) is 10.8. The summed E-state index contributed by atoms with van der Waals surface area (Å²) in [6, 6.07) is 52.5. The van der Waals surface area contributed by atoms with Crippen LogP contribution in [0, 0.1) is 0 Å². The van der Waals surface area contributed by atoms with E-state index in [1.54, 1.807) is 0 Å². The van der Waals surface area contributed by atoms with E-state index in [0.29, 0.717) is 0 Å². The van der Waals surface area contributed by atoms with E-state index in [1.807, 2.05) is 0 Å². The van der Waals surface area contributed by atoms with E-state index in [9.17, 15) is 0 Å². The topological polar surface area (TPSA) is 9.23 Å². The molecule has 0 bridgehead atoms. The van der Waals surface area contributed by atoms with Crippen molar-refractivity contribution in [1.29, 1.82) is 0 Å². The maximum Gasteiger partial charge on any atom is 0.143 e. The van der Waals surface area contributed by atoms with Crippen LogP contribution < -0.4 is 4.74 Å². The van der Waals surface area contributed by atoms with E-state index in [1.165, 1.54) is 65.3 Å². The molecule has 41 heavy (non-hydrogen) atoms. The molecule has 1 heterocycles. The van der Waals surface area contributed by atoms with Crippen molar-refractivity contribution in [3.63, 3.8) is 0 Å². The van der Waals surface area contributed by atoms with Crippen molar-refractivity contribution >= 4 is 43.1 Å². The van der Waals surface area contributed by atoms with Crippen molar-refractivity contribution in [2.45, 2.75) is 0 Å². The fraction of sp³-hybridized carbons (Fsp3) is 0. The maximum atomic E-state index is 6.81. The van der Waals surface area contributed by atoms with Crippen LogP contribution in [0.15, 0.2) is 146 Å². The lowest BCUT2D eigenvalue weighted by atomic mass is 9.83. The summed E-state index contributed by atoms with van der Waals surface area (Å²) >= 11 is 0. The highest BCUT2D eigenvalue weighted by Crippen LogP contribution is 2.53. The molecule has 0 spiro atoms. The number of benzene rings is 8. The summed E-state index contributed by atoms with van der Waals surface area (Å²) < 4.78 is 6.81. The molecule has 1 nitrogen and oxygen atoms in total. The van der Waals surface area contributed by atoms with Gasteiger partial charge < -0.3 is 4.74 Å². The normalized spacial score (nSPS) is 12.1. The predicted molar refractivity (Wildman–Crippen MR) is 173 cm³/mol. The molecule has 0 amide bonds. The van der Waals surface area contributed by atoms with Gasteiger partial charge in [-0.2, -0.15) is 0 Å². The van der Waals surface area contributed by atoms with Crippen LogP contribution in [0.2, 0.25) is 0 Å². The fourth-order valence-electron chi connectivity index (χ4n) is 6.93. The van der Waals surface area contributed by atoms with Crippen LogP contribution in [0.3, 0.4) is 0 Å². The number of hydrogen-bond donors (Lipinski definition) is 0. The first-order valence-corrected chi connectivity index (χ1v) is 14.1. The molecule has 8 aromatic rings. The fourth-order valence-corrected chi connectivity index (χ4v) is 6.93. The average molecular weight is 521 g/mol. The summed E-state index contributed by atoms with van der Waals surface area (Å²) in [6.07, 6.45) is 0. The molecule has 0 radical (unpaired) electrons. The van der Waals surface area contributed by atoms with Gasteiger partial charge in [-0.05, 0) is 60.5 Å². The van der Waals surface area contributed by atoms with Gasteiger partial charge in [-0.25, -0.2) is 0 Å². The zero-order valence-electron chi connectivity index (χ0n) is 22.3. The molecular formula is C40H24O. The van der Waals surface area contributed by atoms with Crippen molar-refractivity contribution in [3.05, 3.63) is 146 Å². The van der Waals surface area contributed by atoms with Crippen molar-refractivity contribution in [2.75, 3.05) is 0 Å². The lowest BCUT2D eigenvalue weighted by molar-refractivity contribution is 0.489. The van der Waals surface area contributed by atoms with Crippen LogP contribution in [-0.2, 0) is 0 Å². The summed E-state index contributed by atoms with van der Waals surface area (Å²) in [5.41, 5.74) is 7.22. The Morgan fingerprint density at radius 2 is 0.780 bits per heavy atom. The van der Waals surface area contributed by atoms with Crippen molar-refractivity contribution < 1.29 is 4.74 Å². The molecule has 1 heteroatoms. The Hall–Kier alpha value is -5.40. The van der Waals surface area contributed by atoms with Gasteiger partial charge >= 0.3 is 0 Å². The molecule has 0 aliphatic carbocycles. The molecule has 1 aliphatic heterocycles. The van der Waals surface area contributed by atoms with Gasteiger partial charge in [0.05, 0.1) is 0 Å². The first kappa shape index (κ1) is 22.4. The molecule has 8 aromatic carbocycles. The average Bonchev–Trinajstić information content (AvgIpc) is 3.04. The summed E-state index contributed by atoms with van der Waals surface area (Å²) in [4.78, 5) is 0. The summed E-state index contributed by atoms with van der Waals surface area (Å²) in [5, 5.41) is 9.84. The van der Waals surface area contributed by atoms with Gasteiger partial charge in [0.15, 0.2) is 0 Å². The Kier molecular flexibility index (Phi) is 4.67. The highest BCUT2D eigenvalue weighted by molar-refractivity contribution is 6.24. The third-order valence-electron chi connectivity index (χ3n) is 8.64. The molecule has 0 unspecified atom stereocenters. The van der Waals surface area contributed by atoms with E-state index in [0.717, 1.165) is 22.6 Å². The van der Waals surface area contributed by atoms with Crippen molar-refractivity contribution in [3.8, 4) is 44.9 Å². The molecule has 0 aromatic heterocycles. The first-order valence-electron chi connectivity index (χ1n) is 14.1. The standard InChI is InChI=1S/C40H24O/c1-2-15-27-25(11-1)12-7-20-28(27)38-29-16-3-5-18-31(29)39(32-19-6-4-17-30(32)38)35-23-10-22-34-33-21-8-13-26-14-9-24-36(37(26)33)41-40(34)35/h1-24H. The molecular weight excluding hydrogens is 496 g/mol. The third kappa shape index (κ3) is 3.18. The van der Waals surface area contributed by atoms with Crippen LogP contribution in [0.1, 0.15) is 0 Å². The van der Waals surface area contributed by atoms with Gasteiger partial charge in [-0.1, -0.05) is 140 Å². The largest absolute Gasteiger partial charge is 0.455 e. The van der Waals surface area contributed by atoms with Gasteiger partial charge in [0.1, 0.15) is 11.5 Å². The lowest BCUT2D eigenvalue weighted by Gasteiger charge is -2.25. The summed E-state index contributed by atoms with van der Waals surface area (Å²) in [7, 11) is 0. The van der Waals surface area contributed by atoms with E-state index in [2.05, 4.69) is 146 Å². The molecule has 0 saturated carbocycles. The van der Waals surface area contributed by atoms with E-state index in [-0.39, 0.29) is 0 Å². The van der Waals surface area contributed by atoms with Gasteiger partial charge in [0.25, 0.3) is 0 Å². The number of para-hydroxylation sites is 1. The van der Waals surface area contributed by atoms with Gasteiger partial charge in [0.2, 0.25) is 0 Å². The lowest BCUT2D eigenvalue weighted by Crippen LogP contribution is -2.00. The highest BCUT2D eigenvalue weighted by atomic mass is 16.5. The predicted octanol–water partition coefficient (Wildman–Crippen LogP) is 11.4. The Balaban J connectivity index is 1.42. The third-order valence-corrected chi connectivity index (χ3v) is 8.64.